The summed E-state index contributed by atoms with van der Waals surface area (Å²) in [5.74, 6) is 0.827. The van der Waals surface area contributed by atoms with Crippen LogP contribution in [-0.4, -0.2) is 23.5 Å². The third-order valence-corrected chi connectivity index (χ3v) is 4.72. The Morgan fingerprint density at radius 3 is 2.00 bits per heavy atom. The molecule has 1 unspecified atom stereocenters. The van der Waals surface area contributed by atoms with E-state index in [0.29, 0.717) is 0 Å². The molecule has 0 amide bonds. The Kier molecular flexibility index (Phi) is 3.12. The Morgan fingerprint density at radius 2 is 1.60 bits per heavy atom. The summed E-state index contributed by atoms with van der Waals surface area (Å²) in [7, 11) is 0. The molecule has 1 heteroatoms. The van der Waals surface area contributed by atoms with Gasteiger partial charge in [-0.25, -0.2) is 0 Å². The molecule has 1 aliphatic carbocycles. The highest BCUT2D eigenvalue weighted by molar-refractivity contribution is 5.02. The standard InChI is InChI=1S/C14H27N/c1-11(2)13-14(7-5-8-14)9-6-10-15(13)12(3)4/h11-13H,5-10H2,1-4H3. The molecule has 0 radical (unpaired) electrons. The van der Waals surface area contributed by atoms with E-state index in [0.717, 1.165) is 23.4 Å². The number of piperidine rings is 1. The first-order valence-electron chi connectivity index (χ1n) is 6.82. The molecule has 1 aliphatic heterocycles. The normalized spacial score (nSPS) is 31.2. The van der Waals surface area contributed by atoms with Crippen LogP contribution in [-0.2, 0) is 0 Å². The van der Waals surface area contributed by atoms with Gasteiger partial charge in [0.15, 0.2) is 0 Å². The second-order valence-electron chi connectivity index (χ2n) is 6.34. The molecule has 0 aromatic heterocycles. The lowest BCUT2D eigenvalue weighted by atomic mass is 9.57. The van der Waals surface area contributed by atoms with E-state index >= 15 is 0 Å². The zero-order valence-corrected chi connectivity index (χ0v) is 10.9. The molecule has 1 atom stereocenters. The van der Waals surface area contributed by atoms with E-state index in [9.17, 15) is 0 Å². The molecule has 2 rings (SSSR count). The van der Waals surface area contributed by atoms with E-state index in [1.54, 1.807) is 0 Å². The maximum absolute atomic E-state index is 2.79. The van der Waals surface area contributed by atoms with Crippen molar-refractivity contribution in [3.8, 4) is 0 Å². The molecular weight excluding hydrogens is 182 g/mol. The number of hydrogen-bond acceptors (Lipinski definition) is 1. The molecule has 88 valence electrons. The van der Waals surface area contributed by atoms with Crippen molar-refractivity contribution in [2.75, 3.05) is 6.54 Å². The maximum atomic E-state index is 2.79. The molecule has 2 fully saturated rings. The smallest absolute Gasteiger partial charge is 0.0177 e. The average molecular weight is 209 g/mol. The molecule has 0 aromatic rings. The molecule has 1 saturated heterocycles. The summed E-state index contributed by atoms with van der Waals surface area (Å²) in [5, 5.41) is 0. The summed E-state index contributed by atoms with van der Waals surface area (Å²) >= 11 is 0. The molecule has 1 nitrogen and oxygen atoms in total. The predicted octanol–water partition coefficient (Wildman–Crippen LogP) is 3.69. The second-order valence-corrected chi connectivity index (χ2v) is 6.34. The van der Waals surface area contributed by atoms with Crippen LogP contribution in [0.25, 0.3) is 0 Å². The molecule has 2 aliphatic rings. The van der Waals surface area contributed by atoms with Gasteiger partial charge in [0, 0.05) is 12.1 Å². The van der Waals surface area contributed by atoms with Crippen LogP contribution < -0.4 is 0 Å². The van der Waals surface area contributed by atoms with E-state index in [1.807, 2.05) is 0 Å². The van der Waals surface area contributed by atoms with Crippen molar-refractivity contribution in [1.29, 1.82) is 0 Å². The van der Waals surface area contributed by atoms with Crippen LogP contribution in [0.5, 0.6) is 0 Å². The first-order valence-corrected chi connectivity index (χ1v) is 6.82. The monoisotopic (exact) mass is 209 g/mol. The van der Waals surface area contributed by atoms with Gasteiger partial charge >= 0.3 is 0 Å². The van der Waals surface area contributed by atoms with Crippen molar-refractivity contribution in [3.05, 3.63) is 0 Å². The number of nitrogens with zero attached hydrogens (tertiary/aromatic N) is 1. The molecule has 1 saturated carbocycles. The van der Waals surface area contributed by atoms with Crippen molar-refractivity contribution in [1.82, 2.24) is 4.90 Å². The fourth-order valence-electron chi connectivity index (χ4n) is 4.10. The summed E-state index contributed by atoms with van der Waals surface area (Å²) in [6.45, 7) is 10.9. The minimum Gasteiger partial charge on any atom is -0.297 e. The van der Waals surface area contributed by atoms with Crippen molar-refractivity contribution in [3.63, 3.8) is 0 Å². The van der Waals surface area contributed by atoms with E-state index < -0.39 is 0 Å². The van der Waals surface area contributed by atoms with Gasteiger partial charge in [-0.05, 0) is 57.4 Å². The van der Waals surface area contributed by atoms with Gasteiger partial charge in [0.25, 0.3) is 0 Å². The van der Waals surface area contributed by atoms with Crippen molar-refractivity contribution in [2.45, 2.75) is 71.9 Å². The van der Waals surface area contributed by atoms with Crippen LogP contribution in [0.15, 0.2) is 0 Å². The topological polar surface area (TPSA) is 3.24 Å². The zero-order valence-electron chi connectivity index (χ0n) is 10.9. The largest absolute Gasteiger partial charge is 0.297 e. The zero-order chi connectivity index (χ0) is 11.1. The molecule has 0 N–H and O–H groups in total. The second kappa shape index (κ2) is 4.08. The fourth-order valence-corrected chi connectivity index (χ4v) is 4.10. The van der Waals surface area contributed by atoms with E-state index in [-0.39, 0.29) is 0 Å². The Labute approximate surface area is 95.2 Å². The predicted molar refractivity (Wildman–Crippen MR) is 66.0 cm³/mol. The van der Waals surface area contributed by atoms with Gasteiger partial charge in [0.1, 0.15) is 0 Å². The summed E-state index contributed by atoms with van der Waals surface area (Å²) in [6.07, 6.45) is 7.41. The van der Waals surface area contributed by atoms with Crippen LogP contribution in [0.3, 0.4) is 0 Å². The van der Waals surface area contributed by atoms with Gasteiger partial charge < -0.3 is 0 Å². The molecule has 15 heavy (non-hydrogen) atoms. The minimum absolute atomic E-state index is 0.719. The van der Waals surface area contributed by atoms with E-state index in [4.69, 9.17) is 0 Å². The van der Waals surface area contributed by atoms with Crippen molar-refractivity contribution < 1.29 is 0 Å². The lowest BCUT2D eigenvalue weighted by molar-refractivity contribution is -0.0772. The summed E-state index contributed by atoms with van der Waals surface area (Å²) in [5.41, 5.74) is 0.719. The first kappa shape index (κ1) is 11.4. The van der Waals surface area contributed by atoms with Crippen LogP contribution in [0.1, 0.15) is 59.8 Å². The van der Waals surface area contributed by atoms with Gasteiger partial charge in [0.2, 0.25) is 0 Å². The third kappa shape index (κ3) is 1.84. The van der Waals surface area contributed by atoms with Crippen LogP contribution in [0.2, 0.25) is 0 Å². The van der Waals surface area contributed by atoms with E-state index in [1.165, 1.54) is 38.6 Å². The Bertz CT molecular complexity index is 215. The van der Waals surface area contributed by atoms with Gasteiger partial charge in [0.05, 0.1) is 0 Å². The van der Waals surface area contributed by atoms with Gasteiger partial charge in [-0.15, -0.1) is 0 Å². The SMILES string of the molecule is CC(C)C1N(C(C)C)CCCC12CCC2. The molecule has 1 heterocycles. The fraction of sp³-hybridized carbons (Fsp3) is 1.00. The van der Waals surface area contributed by atoms with E-state index in [2.05, 4.69) is 32.6 Å². The van der Waals surface area contributed by atoms with Crippen LogP contribution in [0.4, 0.5) is 0 Å². The minimum atomic E-state index is 0.719. The van der Waals surface area contributed by atoms with Crippen LogP contribution in [0, 0.1) is 11.3 Å². The number of likely N-dealkylation sites (tertiary alicyclic amines) is 1. The van der Waals surface area contributed by atoms with Gasteiger partial charge in [-0.2, -0.15) is 0 Å². The molecule has 0 aromatic carbocycles. The Hall–Kier alpha value is -0.0400. The quantitative estimate of drug-likeness (QED) is 0.670. The van der Waals surface area contributed by atoms with Crippen molar-refractivity contribution >= 4 is 0 Å². The summed E-state index contributed by atoms with van der Waals surface area (Å²) < 4.78 is 0. The highest BCUT2D eigenvalue weighted by Crippen LogP contribution is 2.53. The lowest BCUT2D eigenvalue weighted by Crippen LogP contribution is -2.59. The molecular formula is C14H27N. The highest BCUT2D eigenvalue weighted by Gasteiger charge is 2.49. The lowest BCUT2D eigenvalue weighted by Gasteiger charge is -2.58. The molecule has 0 bridgehead atoms. The average Bonchev–Trinajstić information content (AvgIpc) is 2.13. The first-order chi connectivity index (χ1) is 7.07. The Balaban J connectivity index is 2.18. The number of rotatable bonds is 2. The van der Waals surface area contributed by atoms with Gasteiger partial charge in [-0.3, -0.25) is 4.90 Å². The van der Waals surface area contributed by atoms with Crippen LogP contribution >= 0.6 is 0 Å². The Morgan fingerprint density at radius 1 is 1.00 bits per heavy atom. The van der Waals surface area contributed by atoms with Crippen molar-refractivity contribution in [2.24, 2.45) is 11.3 Å². The number of hydrogen-bond donors (Lipinski definition) is 0. The molecule has 1 spiro atoms. The van der Waals surface area contributed by atoms with Gasteiger partial charge in [-0.1, -0.05) is 20.3 Å². The maximum Gasteiger partial charge on any atom is 0.0177 e. The summed E-state index contributed by atoms with van der Waals surface area (Å²) in [6, 6.07) is 1.59. The highest BCUT2D eigenvalue weighted by atomic mass is 15.2. The summed E-state index contributed by atoms with van der Waals surface area (Å²) in [4.78, 5) is 2.79. The third-order valence-electron chi connectivity index (χ3n) is 4.72.